The average molecular weight is 346 g/mol. The summed E-state index contributed by atoms with van der Waals surface area (Å²) in [5, 5.41) is 3.98. The molecular weight excluding hydrogens is 335 g/mol. The summed E-state index contributed by atoms with van der Waals surface area (Å²) in [6.45, 7) is 1.28. The van der Waals surface area contributed by atoms with Crippen molar-refractivity contribution in [3.8, 4) is 11.5 Å². The number of nitrogens with zero attached hydrogens (tertiary/aromatic N) is 1. The molecule has 1 aromatic heterocycles. The summed E-state index contributed by atoms with van der Waals surface area (Å²) < 4.78 is 11.2. The van der Waals surface area contributed by atoms with Crippen molar-refractivity contribution in [3.63, 3.8) is 0 Å². The highest BCUT2D eigenvalue weighted by Crippen LogP contribution is 2.35. The first-order valence-electron chi connectivity index (χ1n) is 6.32. The van der Waals surface area contributed by atoms with E-state index in [9.17, 15) is 0 Å². The smallest absolute Gasteiger partial charge is 0.163 e. The first kappa shape index (κ1) is 14.6. The predicted octanol–water partition coefficient (Wildman–Crippen LogP) is 4.95. The summed E-state index contributed by atoms with van der Waals surface area (Å²) in [4.78, 5) is 4.12. The predicted molar refractivity (Wildman–Crippen MR) is 84.6 cm³/mol. The molecule has 0 unspecified atom stereocenters. The van der Waals surface area contributed by atoms with E-state index in [0.29, 0.717) is 34.8 Å². The number of nitrogens with one attached hydrogen (secondary N) is 1. The summed E-state index contributed by atoms with van der Waals surface area (Å²) in [7, 11) is 0. The minimum atomic E-state index is 0.193. The maximum absolute atomic E-state index is 6.10. The van der Waals surface area contributed by atoms with Gasteiger partial charge < -0.3 is 14.8 Å². The third-order valence-corrected chi connectivity index (χ3v) is 3.86. The Bertz CT molecular complexity index is 680. The molecule has 0 aliphatic carbocycles. The van der Waals surface area contributed by atoms with E-state index in [2.05, 4.69) is 10.3 Å². The lowest BCUT2D eigenvalue weighted by Gasteiger charge is -2.12. The Hall–Kier alpha value is -1.36. The molecule has 0 saturated carbocycles. The van der Waals surface area contributed by atoms with E-state index in [0.717, 1.165) is 17.9 Å². The molecule has 0 amide bonds. The van der Waals surface area contributed by atoms with E-state index in [4.69, 9.17) is 44.3 Å². The molecule has 1 aliphatic rings. The van der Waals surface area contributed by atoms with Crippen LogP contribution in [-0.2, 0) is 0 Å². The molecule has 110 valence electrons. The molecule has 0 fully saturated rings. The molecule has 2 aromatic rings. The quantitative estimate of drug-likeness (QED) is 0.782. The van der Waals surface area contributed by atoms with Gasteiger partial charge in [0.05, 0.1) is 23.3 Å². The van der Waals surface area contributed by atoms with Crippen LogP contribution in [0.2, 0.25) is 15.2 Å². The normalized spacial score (nSPS) is 13.7. The monoisotopic (exact) mass is 344 g/mol. The van der Waals surface area contributed by atoms with Crippen molar-refractivity contribution in [2.24, 2.45) is 0 Å². The van der Waals surface area contributed by atoms with Gasteiger partial charge in [-0.05, 0) is 18.2 Å². The van der Waals surface area contributed by atoms with Crippen LogP contribution in [0.3, 0.4) is 0 Å². The maximum Gasteiger partial charge on any atom is 0.163 e. The average Bonchev–Trinajstić information content (AvgIpc) is 2.69. The van der Waals surface area contributed by atoms with Crippen molar-refractivity contribution < 1.29 is 9.47 Å². The van der Waals surface area contributed by atoms with Gasteiger partial charge in [0.1, 0.15) is 5.15 Å². The van der Waals surface area contributed by atoms with Gasteiger partial charge in [-0.1, -0.05) is 34.8 Å². The number of anilines is 2. The number of halogens is 3. The second-order valence-electron chi connectivity index (χ2n) is 4.43. The Balaban J connectivity index is 1.88. The van der Waals surface area contributed by atoms with Crippen LogP contribution in [-0.4, -0.2) is 18.2 Å². The molecule has 2 heterocycles. The van der Waals surface area contributed by atoms with Crippen LogP contribution >= 0.6 is 34.8 Å². The van der Waals surface area contributed by atoms with Crippen molar-refractivity contribution >= 4 is 46.3 Å². The second kappa shape index (κ2) is 6.18. The molecule has 0 spiro atoms. The Morgan fingerprint density at radius 1 is 0.952 bits per heavy atom. The van der Waals surface area contributed by atoms with Crippen LogP contribution in [0.4, 0.5) is 11.5 Å². The largest absolute Gasteiger partial charge is 0.490 e. The standard InChI is InChI=1S/C14H11Cl3N2O2/c15-9-7-10(16)14(19-13(9)17)18-8-2-3-11-12(6-8)21-5-1-4-20-11/h2-3,6-7H,1,4-5H2,(H,18,19). The van der Waals surface area contributed by atoms with Crippen LogP contribution in [0.25, 0.3) is 0 Å². The van der Waals surface area contributed by atoms with Gasteiger partial charge in [0.25, 0.3) is 0 Å². The first-order valence-corrected chi connectivity index (χ1v) is 7.45. The Morgan fingerprint density at radius 2 is 1.71 bits per heavy atom. The second-order valence-corrected chi connectivity index (χ2v) is 5.60. The fourth-order valence-corrected chi connectivity index (χ4v) is 2.45. The van der Waals surface area contributed by atoms with Gasteiger partial charge in [-0.2, -0.15) is 0 Å². The summed E-state index contributed by atoms with van der Waals surface area (Å²) >= 11 is 17.9. The number of pyridine rings is 1. The molecular formula is C14H11Cl3N2O2. The van der Waals surface area contributed by atoms with Crippen molar-refractivity contribution in [1.82, 2.24) is 4.98 Å². The van der Waals surface area contributed by atoms with E-state index < -0.39 is 0 Å². The van der Waals surface area contributed by atoms with Crippen molar-refractivity contribution in [2.45, 2.75) is 6.42 Å². The lowest BCUT2D eigenvalue weighted by atomic mass is 10.2. The number of rotatable bonds is 2. The molecule has 0 bridgehead atoms. The maximum atomic E-state index is 6.10. The zero-order chi connectivity index (χ0) is 14.8. The molecule has 1 aliphatic heterocycles. The SMILES string of the molecule is Clc1cc(Cl)c(Nc2ccc3c(c2)OCCCO3)nc1Cl. The molecule has 7 heteroatoms. The summed E-state index contributed by atoms with van der Waals surface area (Å²) in [6.07, 6.45) is 0.859. The van der Waals surface area contributed by atoms with Gasteiger partial charge in [0.2, 0.25) is 0 Å². The number of hydrogen-bond donors (Lipinski definition) is 1. The van der Waals surface area contributed by atoms with Crippen LogP contribution < -0.4 is 14.8 Å². The Morgan fingerprint density at radius 3 is 2.52 bits per heavy atom. The minimum absolute atomic E-state index is 0.193. The van der Waals surface area contributed by atoms with E-state index in [1.807, 2.05) is 18.2 Å². The highest BCUT2D eigenvalue weighted by molar-refractivity contribution is 6.43. The molecule has 1 N–H and O–H groups in total. The van der Waals surface area contributed by atoms with Crippen molar-refractivity contribution in [3.05, 3.63) is 39.5 Å². The lowest BCUT2D eigenvalue weighted by molar-refractivity contribution is 0.297. The zero-order valence-corrected chi connectivity index (χ0v) is 13.1. The molecule has 3 rings (SSSR count). The zero-order valence-electron chi connectivity index (χ0n) is 10.8. The number of aromatic nitrogens is 1. The number of ether oxygens (including phenoxy) is 2. The van der Waals surface area contributed by atoms with Crippen molar-refractivity contribution in [2.75, 3.05) is 18.5 Å². The van der Waals surface area contributed by atoms with Gasteiger partial charge in [-0.15, -0.1) is 0 Å². The van der Waals surface area contributed by atoms with Gasteiger partial charge in [0.15, 0.2) is 17.3 Å². The van der Waals surface area contributed by atoms with Gasteiger partial charge in [0, 0.05) is 18.2 Å². The number of benzene rings is 1. The van der Waals surface area contributed by atoms with Crippen LogP contribution in [0, 0.1) is 0 Å². The van der Waals surface area contributed by atoms with Crippen LogP contribution in [0.5, 0.6) is 11.5 Å². The molecule has 21 heavy (non-hydrogen) atoms. The van der Waals surface area contributed by atoms with E-state index in [1.54, 1.807) is 6.07 Å². The summed E-state index contributed by atoms with van der Waals surface area (Å²) in [5.41, 5.74) is 0.770. The molecule has 0 radical (unpaired) electrons. The highest BCUT2D eigenvalue weighted by atomic mass is 35.5. The van der Waals surface area contributed by atoms with Crippen LogP contribution in [0.1, 0.15) is 6.42 Å². The Labute approximate surface area is 136 Å². The fourth-order valence-electron chi connectivity index (χ4n) is 1.91. The Kier molecular flexibility index (Phi) is 4.29. The number of fused-ring (bicyclic) bond motifs is 1. The van der Waals surface area contributed by atoms with E-state index in [-0.39, 0.29) is 5.15 Å². The van der Waals surface area contributed by atoms with Gasteiger partial charge in [-0.25, -0.2) is 4.98 Å². The summed E-state index contributed by atoms with van der Waals surface area (Å²) in [6, 6.07) is 7.08. The lowest BCUT2D eigenvalue weighted by Crippen LogP contribution is -1.98. The molecule has 1 aromatic carbocycles. The van der Waals surface area contributed by atoms with E-state index in [1.165, 1.54) is 0 Å². The number of hydrogen-bond acceptors (Lipinski definition) is 4. The van der Waals surface area contributed by atoms with Crippen molar-refractivity contribution in [1.29, 1.82) is 0 Å². The van der Waals surface area contributed by atoms with Crippen LogP contribution in [0.15, 0.2) is 24.3 Å². The van der Waals surface area contributed by atoms with Gasteiger partial charge >= 0.3 is 0 Å². The molecule has 0 saturated heterocycles. The summed E-state index contributed by atoms with van der Waals surface area (Å²) in [5.74, 6) is 1.85. The highest BCUT2D eigenvalue weighted by Gasteiger charge is 2.12. The van der Waals surface area contributed by atoms with Gasteiger partial charge in [-0.3, -0.25) is 0 Å². The molecule has 4 nitrogen and oxygen atoms in total. The third-order valence-electron chi connectivity index (χ3n) is 2.90. The minimum Gasteiger partial charge on any atom is -0.490 e. The first-order chi connectivity index (χ1) is 10.1. The molecule has 0 atom stereocenters. The fraction of sp³-hybridized carbons (Fsp3) is 0.214. The van der Waals surface area contributed by atoms with E-state index >= 15 is 0 Å². The topological polar surface area (TPSA) is 43.4 Å². The third kappa shape index (κ3) is 3.28.